The van der Waals surface area contributed by atoms with Crippen molar-refractivity contribution in [1.29, 1.82) is 0 Å². The van der Waals surface area contributed by atoms with E-state index < -0.39 is 0 Å². The average molecular weight is 236 g/mol. The Balaban J connectivity index is 2.61. The maximum atomic E-state index is 10.7. The van der Waals surface area contributed by atoms with Gasteiger partial charge >= 0.3 is 0 Å². The van der Waals surface area contributed by atoms with Gasteiger partial charge in [0.2, 0.25) is 5.91 Å². The molecule has 0 aliphatic rings. The summed E-state index contributed by atoms with van der Waals surface area (Å²) in [6.45, 7) is 6.33. The molecule has 1 atom stereocenters. The molecule has 0 saturated carbocycles. The summed E-state index contributed by atoms with van der Waals surface area (Å²) in [5.74, 6) is 0.0435. The summed E-state index contributed by atoms with van der Waals surface area (Å²) in [6.07, 6.45) is 0.329. The third kappa shape index (κ3) is 4.07. The first-order valence-corrected chi connectivity index (χ1v) is 5.71. The first-order chi connectivity index (χ1) is 7.90. The van der Waals surface area contributed by atoms with Gasteiger partial charge in [-0.25, -0.2) is 0 Å². The molecule has 4 heteroatoms. The number of aryl methyl sites for hydroxylation is 2. The van der Waals surface area contributed by atoms with E-state index in [0.717, 1.165) is 16.7 Å². The largest absolute Gasteiger partial charge is 0.507 e. The Kier molecular flexibility index (Phi) is 4.52. The zero-order valence-corrected chi connectivity index (χ0v) is 10.6. The number of carbonyl (C=O) groups excluding carboxylic acids is 1. The van der Waals surface area contributed by atoms with Gasteiger partial charge in [0, 0.05) is 19.0 Å². The minimum Gasteiger partial charge on any atom is -0.507 e. The second kappa shape index (κ2) is 5.68. The van der Waals surface area contributed by atoms with Crippen LogP contribution in [0.4, 0.5) is 0 Å². The molecular formula is C13H20N2O2. The van der Waals surface area contributed by atoms with E-state index in [-0.39, 0.29) is 11.9 Å². The van der Waals surface area contributed by atoms with Gasteiger partial charge in [0.25, 0.3) is 0 Å². The molecule has 0 spiro atoms. The fraction of sp³-hybridized carbons (Fsp3) is 0.462. The number of nitrogens with one attached hydrogen (secondary N) is 1. The Labute approximate surface area is 102 Å². The number of phenols is 1. The highest BCUT2D eigenvalue weighted by Gasteiger charge is 2.07. The molecule has 94 valence electrons. The van der Waals surface area contributed by atoms with Gasteiger partial charge in [-0.15, -0.1) is 0 Å². The van der Waals surface area contributed by atoms with E-state index in [1.165, 1.54) is 0 Å². The minimum absolute atomic E-state index is 0.0573. The molecular weight excluding hydrogens is 216 g/mol. The number of aromatic hydroxyl groups is 1. The predicted octanol–water partition coefficient (Wildman–Crippen LogP) is 1.36. The summed E-state index contributed by atoms with van der Waals surface area (Å²) < 4.78 is 0. The van der Waals surface area contributed by atoms with Crippen LogP contribution in [0.2, 0.25) is 0 Å². The van der Waals surface area contributed by atoms with Crippen molar-refractivity contribution in [2.75, 3.05) is 0 Å². The smallest absolute Gasteiger partial charge is 0.218 e. The lowest BCUT2D eigenvalue weighted by molar-refractivity contribution is -0.118. The fourth-order valence-electron chi connectivity index (χ4n) is 1.81. The van der Waals surface area contributed by atoms with E-state index >= 15 is 0 Å². The summed E-state index contributed by atoms with van der Waals surface area (Å²) in [6, 6.07) is 3.93. The Morgan fingerprint density at radius 3 is 2.41 bits per heavy atom. The Morgan fingerprint density at radius 2 is 1.94 bits per heavy atom. The lowest BCUT2D eigenvalue weighted by atomic mass is 10.1. The molecule has 1 unspecified atom stereocenters. The van der Waals surface area contributed by atoms with Gasteiger partial charge in [-0.05, 0) is 37.5 Å². The molecule has 1 amide bonds. The summed E-state index contributed by atoms with van der Waals surface area (Å²) in [5, 5.41) is 12.9. The Hall–Kier alpha value is -1.55. The number of amides is 1. The van der Waals surface area contributed by atoms with E-state index in [1.807, 2.05) is 32.9 Å². The first kappa shape index (κ1) is 13.5. The molecule has 17 heavy (non-hydrogen) atoms. The van der Waals surface area contributed by atoms with Crippen LogP contribution in [-0.2, 0) is 11.3 Å². The number of nitrogens with two attached hydrogens (primary N) is 1. The number of primary amides is 1. The summed E-state index contributed by atoms with van der Waals surface area (Å²) in [5.41, 5.74) is 7.94. The van der Waals surface area contributed by atoms with Crippen LogP contribution < -0.4 is 11.1 Å². The quantitative estimate of drug-likeness (QED) is 0.722. The molecule has 0 saturated heterocycles. The van der Waals surface area contributed by atoms with Crippen molar-refractivity contribution >= 4 is 5.91 Å². The lowest BCUT2D eigenvalue weighted by Gasteiger charge is -2.13. The third-order valence-electron chi connectivity index (χ3n) is 2.71. The topological polar surface area (TPSA) is 75.3 Å². The Bertz CT molecular complexity index is 393. The van der Waals surface area contributed by atoms with Crippen LogP contribution in [0, 0.1) is 13.8 Å². The van der Waals surface area contributed by atoms with E-state index in [4.69, 9.17) is 5.73 Å². The van der Waals surface area contributed by atoms with Crippen LogP contribution in [0.5, 0.6) is 5.75 Å². The standard InChI is InChI=1S/C13H20N2O2/c1-8-4-11(5-9(2)13(8)17)7-15-10(3)6-12(14)16/h4-5,10,15,17H,6-7H2,1-3H3,(H2,14,16). The van der Waals surface area contributed by atoms with Gasteiger partial charge in [-0.1, -0.05) is 12.1 Å². The maximum Gasteiger partial charge on any atom is 0.218 e. The second-order valence-electron chi connectivity index (χ2n) is 4.53. The molecule has 0 bridgehead atoms. The van der Waals surface area contributed by atoms with Gasteiger partial charge in [-0.3, -0.25) is 4.79 Å². The number of rotatable bonds is 5. The van der Waals surface area contributed by atoms with E-state index in [9.17, 15) is 9.90 Å². The third-order valence-corrected chi connectivity index (χ3v) is 2.71. The molecule has 0 radical (unpaired) electrons. The normalized spacial score (nSPS) is 12.4. The van der Waals surface area contributed by atoms with E-state index in [2.05, 4.69) is 5.32 Å². The molecule has 0 heterocycles. The first-order valence-electron chi connectivity index (χ1n) is 5.71. The molecule has 0 aliphatic carbocycles. The molecule has 0 fully saturated rings. The highest BCUT2D eigenvalue weighted by Crippen LogP contribution is 2.22. The highest BCUT2D eigenvalue weighted by atomic mass is 16.3. The molecule has 4 N–H and O–H groups in total. The maximum absolute atomic E-state index is 10.7. The average Bonchev–Trinajstić information content (AvgIpc) is 2.22. The van der Waals surface area contributed by atoms with E-state index in [1.54, 1.807) is 0 Å². The molecule has 1 aromatic carbocycles. The summed E-state index contributed by atoms with van der Waals surface area (Å²) in [4.78, 5) is 10.7. The van der Waals surface area contributed by atoms with Crippen LogP contribution in [-0.4, -0.2) is 17.1 Å². The fourth-order valence-corrected chi connectivity index (χ4v) is 1.81. The number of hydrogen-bond donors (Lipinski definition) is 3. The van der Waals surface area contributed by atoms with Crippen molar-refractivity contribution < 1.29 is 9.90 Å². The SMILES string of the molecule is Cc1cc(CNC(C)CC(N)=O)cc(C)c1O. The van der Waals surface area contributed by atoms with Crippen LogP contribution in [0.1, 0.15) is 30.0 Å². The number of hydrogen-bond acceptors (Lipinski definition) is 3. The van der Waals surface area contributed by atoms with Crippen molar-refractivity contribution in [1.82, 2.24) is 5.32 Å². The summed E-state index contributed by atoms with van der Waals surface area (Å²) >= 11 is 0. The molecule has 0 aromatic heterocycles. The van der Waals surface area contributed by atoms with Crippen molar-refractivity contribution in [2.45, 2.75) is 39.8 Å². The monoisotopic (exact) mass is 236 g/mol. The molecule has 0 aliphatic heterocycles. The lowest BCUT2D eigenvalue weighted by Crippen LogP contribution is -2.30. The van der Waals surface area contributed by atoms with Crippen molar-refractivity contribution in [2.24, 2.45) is 5.73 Å². The van der Waals surface area contributed by atoms with Crippen molar-refractivity contribution in [3.63, 3.8) is 0 Å². The molecule has 1 rings (SSSR count). The van der Waals surface area contributed by atoms with Crippen LogP contribution >= 0.6 is 0 Å². The number of benzene rings is 1. The molecule has 1 aromatic rings. The van der Waals surface area contributed by atoms with Gasteiger partial charge in [0.1, 0.15) is 5.75 Å². The minimum atomic E-state index is -0.303. The zero-order valence-electron chi connectivity index (χ0n) is 10.6. The van der Waals surface area contributed by atoms with Gasteiger partial charge in [0.15, 0.2) is 0 Å². The van der Waals surface area contributed by atoms with Crippen molar-refractivity contribution in [3.05, 3.63) is 28.8 Å². The van der Waals surface area contributed by atoms with Crippen molar-refractivity contribution in [3.8, 4) is 5.75 Å². The zero-order chi connectivity index (χ0) is 13.0. The number of phenolic OH excluding ortho intramolecular Hbond substituents is 1. The molecule has 4 nitrogen and oxygen atoms in total. The second-order valence-corrected chi connectivity index (χ2v) is 4.53. The van der Waals surface area contributed by atoms with Gasteiger partial charge in [0.05, 0.1) is 0 Å². The van der Waals surface area contributed by atoms with Crippen LogP contribution in [0.15, 0.2) is 12.1 Å². The highest BCUT2D eigenvalue weighted by molar-refractivity contribution is 5.74. The van der Waals surface area contributed by atoms with Crippen LogP contribution in [0.3, 0.4) is 0 Å². The predicted molar refractivity (Wildman–Crippen MR) is 67.7 cm³/mol. The van der Waals surface area contributed by atoms with Crippen LogP contribution in [0.25, 0.3) is 0 Å². The van der Waals surface area contributed by atoms with E-state index in [0.29, 0.717) is 18.7 Å². The van der Waals surface area contributed by atoms with Gasteiger partial charge in [-0.2, -0.15) is 0 Å². The Morgan fingerprint density at radius 1 is 1.41 bits per heavy atom. The van der Waals surface area contributed by atoms with Gasteiger partial charge < -0.3 is 16.2 Å². The summed E-state index contributed by atoms with van der Waals surface area (Å²) in [7, 11) is 0. The number of carbonyl (C=O) groups is 1.